The number of hydrogen-bond acceptors (Lipinski definition) is 4. The van der Waals surface area contributed by atoms with E-state index in [1.165, 1.54) is 6.42 Å². The summed E-state index contributed by atoms with van der Waals surface area (Å²) in [6, 6.07) is 5.08. The third kappa shape index (κ3) is 1.86. The third-order valence-electron chi connectivity index (χ3n) is 3.60. The van der Waals surface area contributed by atoms with E-state index < -0.39 is 0 Å². The summed E-state index contributed by atoms with van der Waals surface area (Å²) >= 11 is 5.85. The van der Waals surface area contributed by atoms with E-state index in [-0.39, 0.29) is 5.15 Å². The fraction of sp³-hybridized carbons (Fsp3) is 0.500. The summed E-state index contributed by atoms with van der Waals surface area (Å²) in [6.07, 6.45) is 4.11. The van der Waals surface area contributed by atoms with Crippen LogP contribution in [0.3, 0.4) is 0 Å². The molecule has 0 aromatic carbocycles. The first-order chi connectivity index (χ1) is 8.28. The molecule has 5 heteroatoms. The quantitative estimate of drug-likeness (QED) is 0.767. The first-order valence-corrected chi connectivity index (χ1v) is 6.21. The Bertz CT molecular complexity index is 482. The van der Waals surface area contributed by atoms with E-state index in [1.807, 2.05) is 6.07 Å². The van der Waals surface area contributed by atoms with Crippen molar-refractivity contribution in [2.24, 2.45) is 0 Å². The highest BCUT2D eigenvalue weighted by Gasteiger charge is 2.35. The Morgan fingerprint density at radius 3 is 3.24 bits per heavy atom. The summed E-state index contributed by atoms with van der Waals surface area (Å²) in [5, 5.41) is 12.8. The minimum absolute atomic E-state index is 0.288. The lowest BCUT2D eigenvalue weighted by molar-refractivity contribution is 0.449. The number of aromatic nitrogens is 1. The highest BCUT2D eigenvalue weighted by Crippen LogP contribution is 2.30. The van der Waals surface area contributed by atoms with E-state index >= 15 is 0 Å². The zero-order valence-corrected chi connectivity index (χ0v) is 10.1. The first kappa shape index (κ1) is 10.8. The van der Waals surface area contributed by atoms with E-state index in [4.69, 9.17) is 16.9 Å². The predicted molar refractivity (Wildman–Crippen MR) is 66.1 cm³/mol. The van der Waals surface area contributed by atoms with Crippen molar-refractivity contribution >= 4 is 17.3 Å². The van der Waals surface area contributed by atoms with Gasteiger partial charge in [0.2, 0.25) is 0 Å². The molecule has 0 spiro atoms. The number of fused-ring (bicyclic) bond motifs is 2. The molecule has 2 saturated heterocycles. The van der Waals surface area contributed by atoms with Crippen molar-refractivity contribution < 1.29 is 0 Å². The molecule has 2 aliphatic rings. The maximum Gasteiger partial charge on any atom is 0.146 e. The van der Waals surface area contributed by atoms with Crippen LogP contribution in [0.1, 0.15) is 18.4 Å². The van der Waals surface area contributed by atoms with E-state index in [0.717, 1.165) is 25.2 Å². The van der Waals surface area contributed by atoms with Crippen molar-refractivity contribution in [1.29, 1.82) is 5.26 Å². The van der Waals surface area contributed by atoms with Gasteiger partial charge in [0.1, 0.15) is 11.2 Å². The first-order valence-electron chi connectivity index (χ1n) is 5.83. The number of piperidine rings is 1. The van der Waals surface area contributed by atoms with Gasteiger partial charge in [-0.25, -0.2) is 4.98 Å². The Morgan fingerprint density at radius 2 is 2.47 bits per heavy atom. The van der Waals surface area contributed by atoms with Crippen molar-refractivity contribution in [1.82, 2.24) is 10.3 Å². The molecule has 2 aliphatic heterocycles. The molecule has 2 bridgehead atoms. The van der Waals surface area contributed by atoms with Gasteiger partial charge in [-0.3, -0.25) is 0 Å². The van der Waals surface area contributed by atoms with Crippen LogP contribution in [0.15, 0.2) is 12.3 Å². The molecule has 1 aromatic rings. The van der Waals surface area contributed by atoms with Crippen molar-refractivity contribution in [3.63, 3.8) is 0 Å². The van der Waals surface area contributed by atoms with Gasteiger partial charge in [0.15, 0.2) is 0 Å². The molecule has 1 aromatic heterocycles. The average Bonchev–Trinajstić information content (AvgIpc) is 2.65. The van der Waals surface area contributed by atoms with Crippen molar-refractivity contribution in [2.45, 2.75) is 24.9 Å². The molecule has 3 rings (SSSR count). The minimum atomic E-state index is 0.288. The van der Waals surface area contributed by atoms with Crippen LogP contribution < -0.4 is 10.2 Å². The molecule has 0 saturated carbocycles. The zero-order chi connectivity index (χ0) is 11.8. The Hall–Kier alpha value is -1.31. The molecule has 3 heterocycles. The number of nitrogens with one attached hydrogen (secondary N) is 1. The van der Waals surface area contributed by atoms with Crippen LogP contribution >= 0.6 is 11.6 Å². The van der Waals surface area contributed by atoms with Crippen molar-refractivity contribution in [3.05, 3.63) is 23.0 Å². The topological polar surface area (TPSA) is 52.0 Å². The van der Waals surface area contributed by atoms with E-state index in [1.54, 1.807) is 6.20 Å². The van der Waals surface area contributed by atoms with Crippen LogP contribution in [0.2, 0.25) is 5.15 Å². The highest BCUT2D eigenvalue weighted by molar-refractivity contribution is 6.30. The molecular weight excluding hydrogens is 236 g/mol. The summed E-state index contributed by atoms with van der Waals surface area (Å²) in [5.74, 6) is 0. The maximum atomic E-state index is 8.97. The summed E-state index contributed by atoms with van der Waals surface area (Å²) < 4.78 is 0. The molecular formula is C12H13ClN4. The maximum absolute atomic E-state index is 8.97. The number of rotatable bonds is 1. The van der Waals surface area contributed by atoms with E-state index in [9.17, 15) is 0 Å². The second kappa shape index (κ2) is 4.17. The SMILES string of the molecule is N#Cc1cc(N2C[C@H]3C[C@@H]2CCN3)cnc1Cl. The molecule has 0 unspecified atom stereocenters. The Balaban J connectivity index is 1.92. The Morgan fingerprint density at radius 1 is 1.59 bits per heavy atom. The lowest BCUT2D eigenvalue weighted by Crippen LogP contribution is -2.35. The third-order valence-corrected chi connectivity index (χ3v) is 3.90. The van der Waals surface area contributed by atoms with Crippen LogP contribution in [-0.2, 0) is 0 Å². The zero-order valence-electron chi connectivity index (χ0n) is 9.36. The molecule has 17 heavy (non-hydrogen) atoms. The van der Waals surface area contributed by atoms with Gasteiger partial charge in [0, 0.05) is 18.6 Å². The van der Waals surface area contributed by atoms with Crippen LogP contribution in [0.4, 0.5) is 5.69 Å². The summed E-state index contributed by atoms with van der Waals surface area (Å²) in [7, 11) is 0. The van der Waals surface area contributed by atoms with E-state index in [0.29, 0.717) is 17.6 Å². The van der Waals surface area contributed by atoms with Gasteiger partial charge in [-0.1, -0.05) is 11.6 Å². The van der Waals surface area contributed by atoms with E-state index in [2.05, 4.69) is 21.3 Å². The van der Waals surface area contributed by atoms with Gasteiger partial charge in [0.05, 0.1) is 17.4 Å². The predicted octanol–water partition coefficient (Wildman–Crippen LogP) is 1.55. The number of nitriles is 1. The van der Waals surface area contributed by atoms with Gasteiger partial charge in [-0.2, -0.15) is 5.26 Å². The minimum Gasteiger partial charge on any atom is -0.366 e. The standard InChI is InChI=1S/C12H13ClN4/c13-12-8(5-14)3-11(6-16-12)17-7-9-4-10(17)1-2-15-9/h3,6,9-10,15H,1-2,4,7H2/t9-,10+/m1/s1. The summed E-state index contributed by atoms with van der Waals surface area (Å²) in [6.45, 7) is 2.08. The molecule has 2 atom stereocenters. The van der Waals surface area contributed by atoms with Crippen LogP contribution in [-0.4, -0.2) is 30.2 Å². The largest absolute Gasteiger partial charge is 0.366 e. The van der Waals surface area contributed by atoms with Crippen LogP contribution in [0.25, 0.3) is 0 Å². The van der Waals surface area contributed by atoms with Gasteiger partial charge >= 0.3 is 0 Å². The lowest BCUT2D eigenvalue weighted by atomic mass is 10.1. The molecule has 88 valence electrons. The number of anilines is 1. The van der Waals surface area contributed by atoms with Crippen LogP contribution in [0.5, 0.6) is 0 Å². The molecule has 1 N–H and O–H groups in total. The normalized spacial score (nSPS) is 26.9. The summed E-state index contributed by atoms with van der Waals surface area (Å²) in [4.78, 5) is 6.43. The number of nitrogens with zero attached hydrogens (tertiary/aromatic N) is 3. The number of hydrogen-bond donors (Lipinski definition) is 1. The fourth-order valence-corrected chi connectivity index (χ4v) is 2.93. The van der Waals surface area contributed by atoms with Gasteiger partial charge in [0.25, 0.3) is 0 Å². The summed E-state index contributed by atoms with van der Waals surface area (Å²) in [5.41, 5.74) is 1.47. The molecule has 0 aliphatic carbocycles. The highest BCUT2D eigenvalue weighted by atomic mass is 35.5. The number of pyridine rings is 1. The number of halogens is 1. The molecule has 0 radical (unpaired) electrons. The fourth-order valence-electron chi connectivity index (χ4n) is 2.78. The van der Waals surface area contributed by atoms with Gasteiger partial charge < -0.3 is 10.2 Å². The van der Waals surface area contributed by atoms with Crippen molar-refractivity contribution in [3.8, 4) is 6.07 Å². The van der Waals surface area contributed by atoms with Gasteiger partial charge in [-0.15, -0.1) is 0 Å². The monoisotopic (exact) mass is 248 g/mol. The Kier molecular flexibility index (Phi) is 2.65. The van der Waals surface area contributed by atoms with Crippen LogP contribution in [0, 0.1) is 11.3 Å². The second-order valence-corrected chi connectivity index (χ2v) is 4.98. The smallest absolute Gasteiger partial charge is 0.146 e. The molecule has 0 amide bonds. The van der Waals surface area contributed by atoms with Crippen molar-refractivity contribution in [2.75, 3.05) is 18.0 Å². The average molecular weight is 249 g/mol. The second-order valence-electron chi connectivity index (χ2n) is 4.63. The van der Waals surface area contributed by atoms with Gasteiger partial charge in [-0.05, 0) is 25.5 Å². The lowest BCUT2D eigenvalue weighted by Gasteiger charge is -2.26. The molecule has 4 nitrogen and oxygen atoms in total. The molecule has 2 fully saturated rings. The Labute approximate surface area is 105 Å².